The zero-order valence-electron chi connectivity index (χ0n) is 9.91. The molecule has 4 heteroatoms. The number of benzene rings is 1. The molecule has 90 valence electrons. The Morgan fingerprint density at radius 2 is 2.12 bits per heavy atom. The first kappa shape index (κ1) is 12.0. The van der Waals surface area contributed by atoms with Crippen molar-refractivity contribution in [3.8, 4) is 6.07 Å². The summed E-state index contributed by atoms with van der Waals surface area (Å²) in [5.74, 6) is -0.247. The quantitative estimate of drug-likeness (QED) is 0.843. The number of aryl methyl sites for hydroxylation is 1. The molecule has 0 saturated carbocycles. The minimum absolute atomic E-state index is 0.247. The molecule has 0 amide bonds. The zero-order chi connectivity index (χ0) is 12.3. The number of nitriles is 1. The Balaban J connectivity index is 2.25. The predicted molar refractivity (Wildman–Crippen MR) is 63.9 cm³/mol. The topological polar surface area (TPSA) is 39.1 Å². The van der Waals surface area contributed by atoms with Crippen molar-refractivity contribution in [2.75, 3.05) is 26.2 Å². The summed E-state index contributed by atoms with van der Waals surface area (Å²) in [6.07, 6.45) is 0. The maximum atomic E-state index is 13.1. The number of halogens is 1. The third kappa shape index (κ3) is 2.63. The summed E-state index contributed by atoms with van der Waals surface area (Å²) >= 11 is 0. The number of hydrogen-bond donors (Lipinski definition) is 1. The van der Waals surface area contributed by atoms with E-state index in [-0.39, 0.29) is 11.9 Å². The van der Waals surface area contributed by atoms with Crippen molar-refractivity contribution in [3.63, 3.8) is 0 Å². The van der Waals surface area contributed by atoms with E-state index in [0.717, 1.165) is 37.3 Å². The Kier molecular flexibility index (Phi) is 3.72. The second-order valence-electron chi connectivity index (χ2n) is 4.32. The SMILES string of the molecule is Cc1cc(F)ccc1C(C#N)N1CCNCC1. The number of rotatable bonds is 2. The smallest absolute Gasteiger partial charge is 0.124 e. The summed E-state index contributed by atoms with van der Waals surface area (Å²) < 4.78 is 13.1. The molecule has 1 aromatic rings. The molecule has 0 bridgehead atoms. The highest BCUT2D eigenvalue weighted by Crippen LogP contribution is 2.24. The molecule has 1 atom stereocenters. The minimum Gasteiger partial charge on any atom is -0.314 e. The number of nitrogens with one attached hydrogen (secondary N) is 1. The van der Waals surface area contributed by atoms with Gasteiger partial charge in [-0.3, -0.25) is 4.90 Å². The molecule has 0 aliphatic carbocycles. The maximum Gasteiger partial charge on any atom is 0.124 e. The first-order valence-corrected chi connectivity index (χ1v) is 5.83. The molecule has 1 aliphatic heterocycles. The standard InChI is InChI=1S/C13H16FN3/c1-10-8-11(14)2-3-12(10)13(9-15)17-6-4-16-5-7-17/h2-3,8,13,16H,4-7H2,1H3. The highest BCUT2D eigenvalue weighted by molar-refractivity contribution is 5.33. The first-order valence-electron chi connectivity index (χ1n) is 5.83. The molecule has 3 nitrogen and oxygen atoms in total. The lowest BCUT2D eigenvalue weighted by molar-refractivity contribution is 0.207. The molecular formula is C13H16FN3. The van der Waals surface area contributed by atoms with Crippen LogP contribution >= 0.6 is 0 Å². The molecule has 2 rings (SSSR count). The molecule has 1 fully saturated rings. The number of piperazine rings is 1. The maximum absolute atomic E-state index is 13.1. The van der Waals surface area contributed by atoms with Crippen LogP contribution < -0.4 is 5.32 Å². The summed E-state index contributed by atoms with van der Waals surface area (Å²) in [4.78, 5) is 2.14. The fourth-order valence-electron chi connectivity index (χ4n) is 2.23. The summed E-state index contributed by atoms with van der Waals surface area (Å²) in [5.41, 5.74) is 1.76. The van der Waals surface area contributed by atoms with Gasteiger partial charge in [-0.1, -0.05) is 6.07 Å². The molecule has 1 aliphatic rings. The summed E-state index contributed by atoms with van der Waals surface area (Å²) in [6, 6.07) is 6.69. The monoisotopic (exact) mass is 233 g/mol. The van der Waals surface area contributed by atoms with Gasteiger partial charge in [-0.15, -0.1) is 0 Å². The van der Waals surface area contributed by atoms with Crippen molar-refractivity contribution >= 4 is 0 Å². The third-order valence-corrected chi connectivity index (χ3v) is 3.17. The van der Waals surface area contributed by atoms with Crippen molar-refractivity contribution in [2.24, 2.45) is 0 Å². The highest BCUT2D eigenvalue weighted by atomic mass is 19.1. The Bertz CT molecular complexity index is 433. The third-order valence-electron chi connectivity index (χ3n) is 3.17. The molecule has 1 heterocycles. The van der Waals surface area contributed by atoms with Crippen molar-refractivity contribution in [3.05, 3.63) is 35.1 Å². The largest absolute Gasteiger partial charge is 0.314 e. The first-order chi connectivity index (χ1) is 8.22. The van der Waals surface area contributed by atoms with Crippen LogP contribution in [0.25, 0.3) is 0 Å². The molecule has 1 saturated heterocycles. The molecule has 1 N–H and O–H groups in total. The van der Waals surface area contributed by atoms with Crippen LogP contribution in [0, 0.1) is 24.1 Å². The van der Waals surface area contributed by atoms with E-state index in [1.54, 1.807) is 6.07 Å². The highest BCUT2D eigenvalue weighted by Gasteiger charge is 2.23. The van der Waals surface area contributed by atoms with E-state index < -0.39 is 0 Å². The van der Waals surface area contributed by atoms with E-state index in [4.69, 9.17) is 0 Å². The lowest BCUT2D eigenvalue weighted by Gasteiger charge is -2.31. The summed E-state index contributed by atoms with van der Waals surface area (Å²) in [6.45, 7) is 5.37. The van der Waals surface area contributed by atoms with Gasteiger partial charge in [0.2, 0.25) is 0 Å². The average Bonchev–Trinajstić information content (AvgIpc) is 2.34. The van der Waals surface area contributed by atoms with Crippen LogP contribution in [0.1, 0.15) is 17.2 Å². The van der Waals surface area contributed by atoms with Crippen LogP contribution in [-0.4, -0.2) is 31.1 Å². The van der Waals surface area contributed by atoms with E-state index >= 15 is 0 Å². The van der Waals surface area contributed by atoms with E-state index in [9.17, 15) is 9.65 Å². The Morgan fingerprint density at radius 1 is 1.41 bits per heavy atom. The van der Waals surface area contributed by atoms with Gasteiger partial charge in [0.25, 0.3) is 0 Å². The van der Waals surface area contributed by atoms with Crippen LogP contribution in [-0.2, 0) is 0 Å². The van der Waals surface area contributed by atoms with Gasteiger partial charge in [0.05, 0.1) is 6.07 Å². The summed E-state index contributed by atoms with van der Waals surface area (Å²) in [5, 5.41) is 12.6. The molecule has 0 spiro atoms. The van der Waals surface area contributed by atoms with Gasteiger partial charge in [-0.25, -0.2) is 4.39 Å². The van der Waals surface area contributed by atoms with Crippen LogP contribution in [0.2, 0.25) is 0 Å². The Labute approximate surface area is 101 Å². The lowest BCUT2D eigenvalue weighted by atomic mass is 10.0. The van der Waals surface area contributed by atoms with Crippen molar-refractivity contribution < 1.29 is 4.39 Å². The fourth-order valence-corrected chi connectivity index (χ4v) is 2.23. The normalized spacial score (nSPS) is 18.6. The average molecular weight is 233 g/mol. The molecule has 1 unspecified atom stereocenters. The van der Waals surface area contributed by atoms with Crippen molar-refractivity contribution in [1.29, 1.82) is 5.26 Å². The van der Waals surface area contributed by atoms with Crippen molar-refractivity contribution in [2.45, 2.75) is 13.0 Å². The molecule has 0 aromatic heterocycles. The van der Waals surface area contributed by atoms with Crippen molar-refractivity contribution in [1.82, 2.24) is 10.2 Å². The Hall–Kier alpha value is -1.44. The second-order valence-corrected chi connectivity index (χ2v) is 4.32. The predicted octanol–water partition coefficient (Wildman–Crippen LogP) is 1.60. The van der Waals surface area contributed by atoms with Crippen LogP contribution in [0.3, 0.4) is 0 Å². The zero-order valence-corrected chi connectivity index (χ0v) is 9.91. The molecule has 1 aromatic carbocycles. The Morgan fingerprint density at radius 3 is 2.71 bits per heavy atom. The molecule has 17 heavy (non-hydrogen) atoms. The van der Waals surface area contributed by atoms with Gasteiger partial charge in [0.15, 0.2) is 0 Å². The fraction of sp³-hybridized carbons (Fsp3) is 0.462. The second kappa shape index (κ2) is 5.26. The van der Waals surface area contributed by atoms with E-state index in [0.29, 0.717) is 0 Å². The van der Waals surface area contributed by atoms with Gasteiger partial charge in [0, 0.05) is 26.2 Å². The van der Waals surface area contributed by atoms with Gasteiger partial charge in [0.1, 0.15) is 11.9 Å². The lowest BCUT2D eigenvalue weighted by Crippen LogP contribution is -2.45. The van der Waals surface area contributed by atoms with E-state index in [1.807, 2.05) is 6.92 Å². The number of nitrogens with zero attached hydrogens (tertiary/aromatic N) is 2. The molecular weight excluding hydrogens is 217 g/mol. The van der Waals surface area contributed by atoms with Gasteiger partial charge in [-0.05, 0) is 30.2 Å². The van der Waals surface area contributed by atoms with Crippen LogP contribution in [0.15, 0.2) is 18.2 Å². The van der Waals surface area contributed by atoms with Gasteiger partial charge < -0.3 is 5.32 Å². The summed E-state index contributed by atoms with van der Waals surface area (Å²) in [7, 11) is 0. The number of hydrogen-bond acceptors (Lipinski definition) is 3. The molecule has 0 radical (unpaired) electrons. The van der Waals surface area contributed by atoms with Gasteiger partial charge in [-0.2, -0.15) is 5.26 Å². The van der Waals surface area contributed by atoms with Crippen LogP contribution in [0.4, 0.5) is 4.39 Å². The van der Waals surface area contributed by atoms with E-state index in [2.05, 4.69) is 16.3 Å². The minimum atomic E-state index is -0.266. The van der Waals surface area contributed by atoms with Gasteiger partial charge >= 0.3 is 0 Å². The van der Waals surface area contributed by atoms with Crippen LogP contribution in [0.5, 0.6) is 0 Å². The van der Waals surface area contributed by atoms with E-state index in [1.165, 1.54) is 12.1 Å².